The van der Waals surface area contributed by atoms with E-state index in [0.29, 0.717) is 30.0 Å². The van der Waals surface area contributed by atoms with Crippen LogP contribution in [0.25, 0.3) is 5.57 Å². The van der Waals surface area contributed by atoms with Crippen molar-refractivity contribution >= 4 is 28.5 Å². The summed E-state index contributed by atoms with van der Waals surface area (Å²) in [7, 11) is 0. The van der Waals surface area contributed by atoms with Crippen molar-refractivity contribution in [3.05, 3.63) is 60.0 Å². The molecule has 0 saturated carbocycles. The summed E-state index contributed by atoms with van der Waals surface area (Å²) in [6.07, 6.45) is 3.27. The van der Waals surface area contributed by atoms with Crippen molar-refractivity contribution in [2.75, 3.05) is 41.8 Å². The van der Waals surface area contributed by atoms with E-state index in [9.17, 15) is 9.18 Å². The van der Waals surface area contributed by atoms with E-state index in [0.717, 1.165) is 37.3 Å². The molecule has 0 atom stereocenters. The van der Waals surface area contributed by atoms with Crippen LogP contribution in [0.5, 0.6) is 0 Å². The molecule has 3 heterocycles. The molecule has 3 aliphatic heterocycles. The first-order valence-electron chi connectivity index (χ1n) is 9.83. The largest absolute Gasteiger partial charge is 0.371 e. The molecule has 0 aromatic heterocycles. The average Bonchev–Trinajstić information content (AvgIpc) is 3.32. The molecule has 29 heavy (non-hydrogen) atoms. The van der Waals surface area contributed by atoms with Crippen molar-refractivity contribution in [1.29, 1.82) is 0 Å². The van der Waals surface area contributed by atoms with Crippen LogP contribution in [-0.2, 0) is 14.3 Å². The number of rotatable bonds is 3. The fourth-order valence-electron chi connectivity index (χ4n) is 4.16. The predicted molar refractivity (Wildman–Crippen MR) is 109 cm³/mol. The number of amides is 1. The van der Waals surface area contributed by atoms with Gasteiger partial charge in [-0.05, 0) is 36.4 Å². The molecule has 7 heteroatoms. The van der Waals surface area contributed by atoms with Crippen LogP contribution >= 0.6 is 0 Å². The summed E-state index contributed by atoms with van der Waals surface area (Å²) in [5.41, 5.74) is 3.05. The van der Waals surface area contributed by atoms with E-state index in [2.05, 4.69) is 15.5 Å². The van der Waals surface area contributed by atoms with Crippen molar-refractivity contribution in [2.24, 2.45) is 0 Å². The number of halogens is 1. The minimum Gasteiger partial charge on any atom is -0.371 e. The summed E-state index contributed by atoms with van der Waals surface area (Å²) in [5.74, 6) is -1.10. The molecule has 1 spiro atoms. The molecule has 0 aliphatic carbocycles. The summed E-state index contributed by atoms with van der Waals surface area (Å²) < 4.78 is 25.7. The highest BCUT2D eigenvalue weighted by Gasteiger charge is 2.39. The van der Waals surface area contributed by atoms with Crippen LogP contribution in [0.1, 0.15) is 18.4 Å². The van der Waals surface area contributed by atoms with Crippen LogP contribution in [0, 0.1) is 5.82 Å². The Kier molecular flexibility index (Phi) is 4.49. The molecule has 1 amide bonds. The molecule has 3 aliphatic rings. The summed E-state index contributed by atoms with van der Waals surface area (Å²) in [5, 5.41) is 5.79. The fourth-order valence-corrected chi connectivity index (χ4v) is 4.16. The zero-order valence-electron chi connectivity index (χ0n) is 15.9. The Morgan fingerprint density at radius 2 is 1.79 bits per heavy atom. The first kappa shape index (κ1) is 18.1. The molecular weight excluding hydrogens is 373 g/mol. The second-order valence-corrected chi connectivity index (χ2v) is 7.46. The first-order valence-corrected chi connectivity index (χ1v) is 9.83. The van der Waals surface area contributed by atoms with E-state index in [1.807, 2.05) is 24.3 Å². The predicted octanol–water partition coefficient (Wildman–Crippen LogP) is 3.57. The van der Waals surface area contributed by atoms with E-state index in [-0.39, 0.29) is 11.7 Å². The molecule has 0 radical (unpaired) electrons. The maximum atomic E-state index is 14.1. The number of carbonyl (C=O) groups excluding carboxylic acids is 1. The van der Waals surface area contributed by atoms with Crippen LogP contribution in [0.3, 0.4) is 0 Å². The Morgan fingerprint density at radius 1 is 1.07 bits per heavy atom. The van der Waals surface area contributed by atoms with Gasteiger partial charge in [-0.15, -0.1) is 0 Å². The van der Waals surface area contributed by atoms with Crippen molar-refractivity contribution in [3.63, 3.8) is 0 Å². The van der Waals surface area contributed by atoms with Gasteiger partial charge in [-0.1, -0.05) is 6.07 Å². The van der Waals surface area contributed by atoms with Crippen molar-refractivity contribution in [2.45, 2.75) is 18.6 Å². The molecule has 2 saturated heterocycles. The average molecular weight is 395 g/mol. The molecule has 5 rings (SSSR count). The van der Waals surface area contributed by atoms with Crippen LogP contribution in [-0.4, -0.2) is 38.0 Å². The summed E-state index contributed by atoms with van der Waals surface area (Å²) in [4.78, 5) is 14.5. The number of anilines is 3. The highest BCUT2D eigenvalue weighted by molar-refractivity contribution is 6.31. The molecule has 2 aromatic carbocycles. The summed E-state index contributed by atoms with van der Waals surface area (Å²) in [6, 6.07) is 12.6. The van der Waals surface area contributed by atoms with E-state index in [4.69, 9.17) is 9.47 Å². The Hall–Kier alpha value is -2.90. The smallest absolute Gasteiger partial charge is 0.257 e. The van der Waals surface area contributed by atoms with E-state index in [1.165, 1.54) is 6.07 Å². The van der Waals surface area contributed by atoms with Crippen LogP contribution < -0.4 is 15.5 Å². The molecular formula is C22H22FN3O3. The van der Waals surface area contributed by atoms with Crippen molar-refractivity contribution in [1.82, 2.24) is 0 Å². The van der Waals surface area contributed by atoms with Gasteiger partial charge in [0.25, 0.3) is 5.91 Å². The zero-order chi connectivity index (χ0) is 19.8. The Bertz CT molecular complexity index is 958. The van der Waals surface area contributed by atoms with Crippen LogP contribution in [0.15, 0.2) is 48.7 Å². The number of carbonyl (C=O) groups is 1. The number of hydrogen-bond donors (Lipinski definition) is 2. The van der Waals surface area contributed by atoms with E-state index >= 15 is 0 Å². The molecule has 0 bridgehead atoms. The Balaban J connectivity index is 1.26. The van der Waals surface area contributed by atoms with E-state index in [1.54, 1.807) is 18.3 Å². The van der Waals surface area contributed by atoms with Crippen LogP contribution in [0.2, 0.25) is 0 Å². The Morgan fingerprint density at radius 3 is 2.52 bits per heavy atom. The lowest BCUT2D eigenvalue weighted by molar-refractivity contribution is -0.169. The van der Waals surface area contributed by atoms with Gasteiger partial charge in [-0.25, -0.2) is 4.39 Å². The molecule has 2 aromatic rings. The molecule has 150 valence electrons. The quantitative estimate of drug-likeness (QED) is 0.778. The number of nitrogens with zero attached hydrogens (tertiary/aromatic N) is 1. The number of benzene rings is 2. The third kappa shape index (κ3) is 3.36. The molecule has 2 N–H and O–H groups in total. The normalized spacial score (nSPS) is 21.5. The Labute approximate surface area is 168 Å². The maximum absolute atomic E-state index is 14.1. The lowest BCUT2D eigenvalue weighted by Crippen LogP contribution is -2.45. The number of hydrogen-bond acceptors (Lipinski definition) is 5. The third-order valence-electron chi connectivity index (χ3n) is 5.73. The minimum atomic E-state index is -0.415. The lowest BCUT2D eigenvalue weighted by atomic mass is 10.0. The van der Waals surface area contributed by atoms with Gasteiger partial charge in [-0.2, -0.15) is 0 Å². The van der Waals surface area contributed by atoms with Crippen molar-refractivity contribution in [3.8, 4) is 0 Å². The second kappa shape index (κ2) is 7.17. The highest BCUT2D eigenvalue weighted by Crippen LogP contribution is 2.35. The molecule has 2 fully saturated rings. The van der Waals surface area contributed by atoms with Gasteiger partial charge >= 0.3 is 0 Å². The SMILES string of the molecule is O=C1Nc2cccc(F)c2C1=CNc1ccc(N2CCC3(CC2)OCCO3)cc1. The number of nitrogens with one attached hydrogen (secondary N) is 2. The number of piperidine rings is 1. The zero-order valence-corrected chi connectivity index (χ0v) is 15.9. The van der Waals surface area contributed by atoms with Gasteiger partial charge in [0.1, 0.15) is 5.82 Å². The number of ether oxygens (including phenoxy) is 2. The van der Waals surface area contributed by atoms with Gasteiger partial charge in [0, 0.05) is 49.1 Å². The maximum Gasteiger partial charge on any atom is 0.257 e. The van der Waals surface area contributed by atoms with Crippen molar-refractivity contribution < 1.29 is 18.7 Å². The van der Waals surface area contributed by atoms with Gasteiger partial charge in [-0.3, -0.25) is 4.79 Å². The van der Waals surface area contributed by atoms with Gasteiger partial charge in [0.15, 0.2) is 5.79 Å². The van der Waals surface area contributed by atoms with Gasteiger partial charge in [0.2, 0.25) is 0 Å². The van der Waals surface area contributed by atoms with Gasteiger partial charge < -0.3 is 25.0 Å². The highest BCUT2D eigenvalue weighted by atomic mass is 19.1. The number of fused-ring (bicyclic) bond motifs is 1. The van der Waals surface area contributed by atoms with E-state index < -0.39 is 5.82 Å². The second-order valence-electron chi connectivity index (χ2n) is 7.46. The lowest BCUT2D eigenvalue weighted by Gasteiger charge is -2.38. The molecule has 6 nitrogen and oxygen atoms in total. The minimum absolute atomic E-state index is 0.292. The van der Waals surface area contributed by atoms with Crippen LogP contribution in [0.4, 0.5) is 21.5 Å². The monoisotopic (exact) mass is 395 g/mol. The third-order valence-corrected chi connectivity index (χ3v) is 5.73. The fraction of sp³-hybridized carbons (Fsp3) is 0.318. The van der Waals surface area contributed by atoms with Gasteiger partial charge in [0.05, 0.1) is 24.5 Å². The first-order chi connectivity index (χ1) is 14.1. The molecule has 0 unspecified atom stereocenters. The summed E-state index contributed by atoms with van der Waals surface area (Å²) in [6.45, 7) is 3.13. The topological polar surface area (TPSA) is 62.8 Å². The standard InChI is InChI=1S/C22H22FN3O3/c23-18-2-1-3-19-20(18)17(21(27)25-19)14-24-15-4-6-16(7-5-15)26-10-8-22(9-11-26)28-12-13-29-22/h1-7,14,24H,8-13H2,(H,25,27). The summed E-state index contributed by atoms with van der Waals surface area (Å²) >= 11 is 0.